The van der Waals surface area contributed by atoms with Crippen molar-refractivity contribution in [3.05, 3.63) is 71.6 Å². The van der Waals surface area contributed by atoms with Crippen molar-refractivity contribution in [2.75, 3.05) is 27.3 Å². The summed E-state index contributed by atoms with van der Waals surface area (Å²) in [5.41, 5.74) is 7.01. The number of hydrogen-bond donors (Lipinski definition) is 5. The number of fused-ring (bicyclic) bond motifs is 5. The molecule has 5 N–H and O–H groups in total. The van der Waals surface area contributed by atoms with Crippen molar-refractivity contribution in [1.82, 2.24) is 45.7 Å². The second-order valence-corrected chi connectivity index (χ2v) is 18.6. The molecule has 0 aliphatic carbocycles. The monoisotopic (exact) mass is 905 g/mol. The van der Waals surface area contributed by atoms with Gasteiger partial charge in [0.2, 0.25) is 11.8 Å². The Hall–Kier alpha value is -5.98. The van der Waals surface area contributed by atoms with E-state index in [1.54, 1.807) is 40.1 Å². The van der Waals surface area contributed by atoms with E-state index < -0.39 is 97.8 Å². The van der Waals surface area contributed by atoms with Gasteiger partial charge in [-0.1, -0.05) is 71.0 Å². The van der Waals surface area contributed by atoms with Gasteiger partial charge in [0.25, 0.3) is 11.8 Å². The zero-order chi connectivity index (χ0) is 46.7. The minimum Gasteiger partial charge on any atom is -0.453 e. The summed E-state index contributed by atoms with van der Waals surface area (Å²) in [7, 11) is 2.33. The van der Waals surface area contributed by atoms with E-state index in [9.17, 15) is 28.0 Å². The highest BCUT2D eigenvalue weighted by atomic mass is 19.3. The third-order valence-corrected chi connectivity index (χ3v) is 13.2. The fraction of sp³-hybridized carbons (Fsp3) is 0.522. The van der Waals surface area contributed by atoms with Crippen LogP contribution >= 0.6 is 0 Å². The zero-order valence-electron chi connectivity index (χ0n) is 37.3. The Morgan fingerprint density at radius 2 is 1.11 bits per heavy atom. The topological polar surface area (TPSA) is 187 Å². The smallest absolute Gasteiger partial charge is 0.407 e. The highest BCUT2D eigenvalue weighted by Crippen LogP contribution is 2.52. The molecule has 0 spiro atoms. The Morgan fingerprint density at radius 1 is 0.677 bits per heavy atom. The fourth-order valence-corrected chi connectivity index (χ4v) is 10.0. The van der Waals surface area contributed by atoms with Crippen LogP contribution < -0.4 is 16.0 Å². The maximum atomic E-state index is 15.1. The second kappa shape index (κ2) is 17.4. The second-order valence-electron chi connectivity index (χ2n) is 18.6. The number of halogens is 4. The fourth-order valence-electron chi connectivity index (χ4n) is 10.0. The van der Waals surface area contributed by atoms with Crippen LogP contribution in [0.25, 0.3) is 33.6 Å². The number of methoxy groups -OCH3 is 2. The number of hydrogen-bond acceptors (Lipinski definition) is 9. The third kappa shape index (κ3) is 8.90. The molecular weight excluding hydrogens is 851 g/mol. The quantitative estimate of drug-likeness (QED) is 0.0936. The zero-order valence-corrected chi connectivity index (χ0v) is 37.3. The lowest BCUT2D eigenvalue weighted by molar-refractivity contribution is -0.137. The SMILES string of the molecule is COC(=O)N[C@H](C(=O)N1CC(F)(F)C[C@H]1c1ncc(-c2ccc(-c3ccc(-c4cnc([C@@H]5CC(F)(F)CN5C(=O)[C@@H](NC(=O)OC)C(C)C)[nH]4)c4c3C3CC(C)CC4N3)cc2)[nH]1)C(C)C. The van der Waals surface area contributed by atoms with Gasteiger partial charge < -0.3 is 45.2 Å². The predicted molar refractivity (Wildman–Crippen MR) is 230 cm³/mol. The number of nitrogens with one attached hydrogen (secondary N) is 5. The minimum absolute atomic E-state index is 0.0229. The third-order valence-electron chi connectivity index (χ3n) is 13.2. The van der Waals surface area contributed by atoms with E-state index in [0.717, 1.165) is 63.1 Å². The average molecular weight is 906 g/mol. The van der Waals surface area contributed by atoms with Gasteiger partial charge >= 0.3 is 12.2 Å². The van der Waals surface area contributed by atoms with Crippen LogP contribution in [0.4, 0.5) is 27.2 Å². The molecule has 7 atom stereocenters. The number of alkyl carbamates (subject to hydrolysis) is 2. The van der Waals surface area contributed by atoms with Gasteiger partial charge in [-0.3, -0.25) is 9.59 Å². The van der Waals surface area contributed by atoms with Gasteiger partial charge in [-0.05, 0) is 58.4 Å². The largest absolute Gasteiger partial charge is 0.453 e. The van der Waals surface area contributed by atoms with Gasteiger partial charge in [-0.2, -0.15) is 0 Å². The summed E-state index contributed by atoms with van der Waals surface area (Å²) >= 11 is 0. The number of piperidine rings is 1. The Labute approximate surface area is 373 Å². The number of aromatic amines is 2. The van der Waals surface area contributed by atoms with E-state index in [-0.39, 0.29) is 23.7 Å². The summed E-state index contributed by atoms with van der Waals surface area (Å²) in [6.45, 7) is 7.44. The van der Waals surface area contributed by atoms with E-state index in [4.69, 9.17) is 4.74 Å². The van der Waals surface area contributed by atoms with Crippen LogP contribution in [-0.2, 0) is 19.1 Å². The number of imidazole rings is 2. The molecule has 15 nitrogen and oxygen atoms in total. The normalized spacial score (nSPS) is 23.9. The number of alkyl halides is 4. The number of nitrogens with zero attached hydrogens (tertiary/aromatic N) is 4. The maximum absolute atomic E-state index is 15.1. The van der Waals surface area contributed by atoms with E-state index >= 15 is 8.78 Å². The number of aromatic nitrogens is 4. The van der Waals surface area contributed by atoms with E-state index in [2.05, 4.69) is 47.5 Å². The molecule has 4 aliphatic heterocycles. The van der Waals surface area contributed by atoms with Crippen LogP contribution in [0, 0.1) is 17.8 Å². The van der Waals surface area contributed by atoms with Crippen LogP contribution in [0.1, 0.15) is 107 Å². The van der Waals surface area contributed by atoms with Crippen molar-refractivity contribution in [3.63, 3.8) is 0 Å². The average Bonchev–Trinajstić information content (AvgIpc) is 4.11. The standard InChI is InChI=1S/C46H55F4N9O6/c1-22(2)37(56-43(62)64-6)41(60)58-20-45(47,48)16-33(58)39-51-18-31(54-39)26-10-8-25(9-11-26)27-12-13-28(36-30-15-24(5)14-29(53-30)35(27)36)32-19-52-40(55-32)34-17-46(49,50)21-59(34)42(61)38(23(3)4)57-44(63)65-7/h8-13,18-19,22-24,29-30,33-34,37-38,53H,14-17,20-21H2,1-7H3,(H,51,54)(H,52,55)(H,56,62)(H,57,63)/t24?,29?,30?,33-,34-,37-,38-/m0/s1. The molecule has 2 aromatic heterocycles. The molecule has 6 heterocycles. The summed E-state index contributed by atoms with van der Waals surface area (Å²) in [6.07, 6.45) is 2.04. The van der Waals surface area contributed by atoms with Crippen molar-refractivity contribution in [3.8, 4) is 33.6 Å². The first-order valence-corrected chi connectivity index (χ1v) is 22.0. The highest BCUT2D eigenvalue weighted by molar-refractivity contribution is 5.87. The van der Waals surface area contributed by atoms with Crippen molar-refractivity contribution >= 4 is 24.0 Å². The number of amides is 4. The van der Waals surface area contributed by atoms with E-state index in [1.165, 1.54) is 7.11 Å². The molecule has 4 aromatic rings. The molecule has 65 heavy (non-hydrogen) atoms. The molecule has 0 radical (unpaired) electrons. The Kier molecular flexibility index (Phi) is 12.2. The van der Waals surface area contributed by atoms with Crippen LogP contribution in [0.2, 0.25) is 0 Å². The summed E-state index contributed by atoms with van der Waals surface area (Å²) in [4.78, 5) is 69.2. The summed E-state index contributed by atoms with van der Waals surface area (Å²) in [5, 5.41) is 8.78. The summed E-state index contributed by atoms with van der Waals surface area (Å²) in [6, 6.07) is 7.66. The summed E-state index contributed by atoms with van der Waals surface area (Å²) < 4.78 is 69.5. The van der Waals surface area contributed by atoms with Crippen molar-refractivity contribution in [2.24, 2.45) is 17.8 Å². The Bertz CT molecular complexity index is 2460. The van der Waals surface area contributed by atoms with Crippen LogP contribution in [-0.4, -0.2) is 105 Å². The lowest BCUT2D eigenvalue weighted by Crippen LogP contribution is -2.51. The molecule has 4 aliphatic rings. The summed E-state index contributed by atoms with van der Waals surface area (Å²) in [5.74, 6) is -7.59. The number of ether oxygens (including phenoxy) is 2. The lowest BCUT2D eigenvalue weighted by atomic mass is 9.88. The first kappa shape index (κ1) is 45.6. The number of H-pyrrole nitrogens is 2. The molecular formula is C46H55F4N9O6. The maximum Gasteiger partial charge on any atom is 0.407 e. The van der Waals surface area contributed by atoms with E-state index in [0.29, 0.717) is 17.3 Å². The first-order valence-electron chi connectivity index (χ1n) is 22.0. The van der Waals surface area contributed by atoms with Crippen molar-refractivity contribution < 1.29 is 46.2 Å². The highest BCUT2D eigenvalue weighted by Gasteiger charge is 2.52. The van der Waals surface area contributed by atoms with Gasteiger partial charge in [0.15, 0.2) is 0 Å². The van der Waals surface area contributed by atoms with Gasteiger partial charge in [0.05, 0.1) is 63.2 Å². The Balaban J connectivity index is 1.07. The molecule has 3 fully saturated rings. The Morgan fingerprint density at radius 3 is 1.58 bits per heavy atom. The molecule has 0 saturated carbocycles. The number of carbonyl (C=O) groups is 4. The van der Waals surface area contributed by atoms with Crippen LogP contribution in [0.3, 0.4) is 0 Å². The van der Waals surface area contributed by atoms with Gasteiger partial charge in [-0.15, -0.1) is 0 Å². The van der Waals surface area contributed by atoms with Gasteiger partial charge in [0, 0.05) is 30.5 Å². The van der Waals surface area contributed by atoms with Crippen molar-refractivity contribution in [2.45, 2.75) is 108 Å². The number of carbonyl (C=O) groups excluding carboxylic acids is 4. The van der Waals surface area contributed by atoms with Gasteiger partial charge in [0.1, 0.15) is 23.7 Å². The molecule has 19 heteroatoms. The molecule has 2 aromatic carbocycles. The van der Waals surface area contributed by atoms with Crippen LogP contribution in [0.5, 0.6) is 0 Å². The minimum atomic E-state index is -3.17. The number of likely N-dealkylation sites (tertiary alicyclic amines) is 2. The molecule has 3 unspecified atom stereocenters. The molecule has 2 bridgehead atoms. The molecule has 4 amide bonds. The van der Waals surface area contributed by atoms with E-state index in [1.807, 2.05) is 36.4 Å². The lowest BCUT2D eigenvalue weighted by Gasteiger charge is -2.29. The molecule has 8 rings (SSSR count). The number of rotatable bonds is 11. The van der Waals surface area contributed by atoms with Crippen molar-refractivity contribution in [1.29, 1.82) is 0 Å². The predicted octanol–water partition coefficient (Wildman–Crippen LogP) is 7.83. The molecule has 3 saturated heterocycles. The van der Waals surface area contributed by atoms with Crippen LogP contribution in [0.15, 0.2) is 48.8 Å². The first-order chi connectivity index (χ1) is 30.8. The molecule has 348 valence electrons. The number of benzene rings is 2. The van der Waals surface area contributed by atoms with Gasteiger partial charge in [-0.25, -0.2) is 37.1 Å².